The molecule has 1 atom stereocenters. The van der Waals surface area contributed by atoms with Gasteiger partial charge in [0.1, 0.15) is 11.5 Å². The first-order chi connectivity index (χ1) is 14.2. The van der Waals surface area contributed by atoms with Gasteiger partial charge in [0.15, 0.2) is 0 Å². The van der Waals surface area contributed by atoms with Crippen LogP contribution in [0, 0.1) is 6.92 Å². The molecule has 4 rings (SSSR count). The lowest BCUT2D eigenvalue weighted by Crippen LogP contribution is -2.37. The topological polar surface area (TPSA) is 107 Å². The Morgan fingerprint density at radius 3 is 2.53 bits per heavy atom. The predicted octanol–water partition coefficient (Wildman–Crippen LogP) is 1.84. The predicted molar refractivity (Wildman–Crippen MR) is 111 cm³/mol. The van der Waals surface area contributed by atoms with Crippen molar-refractivity contribution >= 4 is 20.9 Å². The van der Waals surface area contributed by atoms with Gasteiger partial charge in [-0.25, -0.2) is 13.2 Å². The maximum Gasteiger partial charge on any atom is 0.330 e. The number of fused-ring (bicyclic) bond motifs is 1. The van der Waals surface area contributed by atoms with E-state index in [4.69, 9.17) is 4.52 Å². The van der Waals surface area contributed by atoms with Crippen molar-refractivity contribution in [2.24, 2.45) is 14.1 Å². The number of sulfonamides is 1. The molecule has 1 fully saturated rings. The third-order valence-electron chi connectivity index (χ3n) is 5.74. The molecule has 0 spiro atoms. The SMILES string of the molecule is Cc1cc([C@H]2CCCCCN2S(=O)(=O)c2ccc3c(c2)c(=O)n(C)c(=O)n3C)no1. The minimum atomic E-state index is -3.90. The van der Waals surface area contributed by atoms with E-state index in [-0.39, 0.29) is 10.3 Å². The zero-order valence-electron chi connectivity index (χ0n) is 17.2. The van der Waals surface area contributed by atoms with Gasteiger partial charge >= 0.3 is 5.69 Å². The van der Waals surface area contributed by atoms with Crippen LogP contribution in [0.25, 0.3) is 10.9 Å². The molecule has 10 heteroatoms. The number of benzene rings is 1. The summed E-state index contributed by atoms with van der Waals surface area (Å²) < 4.78 is 36.2. The van der Waals surface area contributed by atoms with E-state index in [1.54, 1.807) is 20.0 Å². The molecule has 0 bridgehead atoms. The van der Waals surface area contributed by atoms with Gasteiger partial charge in [-0.2, -0.15) is 4.31 Å². The van der Waals surface area contributed by atoms with Crippen LogP contribution in [0.5, 0.6) is 0 Å². The molecule has 0 radical (unpaired) electrons. The molecule has 0 N–H and O–H groups in total. The monoisotopic (exact) mass is 432 g/mol. The summed E-state index contributed by atoms with van der Waals surface area (Å²) >= 11 is 0. The fourth-order valence-electron chi connectivity index (χ4n) is 4.08. The second kappa shape index (κ2) is 7.51. The van der Waals surface area contributed by atoms with E-state index in [1.807, 2.05) is 0 Å². The number of aryl methyl sites for hydroxylation is 2. The van der Waals surface area contributed by atoms with Crippen LogP contribution in [0.2, 0.25) is 0 Å². The summed E-state index contributed by atoms with van der Waals surface area (Å²) in [4.78, 5) is 24.8. The smallest absolute Gasteiger partial charge is 0.330 e. The van der Waals surface area contributed by atoms with Gasteiger partial charge in [0.2, 0.25) is 10.0 Å². The first kappa shape index (κ1) is 20.5. The van der Waals surface area contributed by atoms with Crippen LogP contribution in [0.15, 0.2) is 43.3 Å². The Morgan fingerprint density at radius 1 is 1.07 bits per heavy atom. The molecule has 3 heterocycles. The number of nitrogens with zero attached hydrogens (tertiary/aromatic N) is 4. The van der Waals surface area contributed by atoms with Crippen LogP contribution in [-0.2, 0) is 24.1 Å². The summed E-state index contributed by atoms with van der Waals surface area (Å²) in [5.74, 6) is 0.627. The van der Waals surface area contributed by atoms with Crippen molar-refractivity contribution < 1.29 is 12.9 Å². The normalized spacial score (nSPS) is 18.6. The molecular formula is C20H24N4O5S. The van der Waals surface area contributed by atoms with Crippen LogP contribution in [0.3, 0.4) is 0 Å². The molecule has 1 saturated heterocycles. The van der Waals surface area contributed by atoms with Crippen molar-refractivity contribution in [2.75, 3.05) is 6.54 Å². The van der Waals surface area contributed by atoms with E-state index >= 15 is 0 Å². The fourth-order valence-corrected chi connectivity index (χ4v) is 5.77. The highest BCUT2D eigenvalue weighted by atomic mass is 32.2. The summed E-state index contributed by atoms with van der Waals surface area (Å²) in [5.41, 5.74) is 0.000417. The van der Waals surface area contributed by atoms with Crippen LogP contribution >= 0.6 is 0 Å². The maximum absolute atomic E-state index is 13.6. The molecule has 2 aromatic heterocycles. The molecule has 30 heavy (non-hydrogen) atoms. The quantitative estimate of drug-likeness (QED) is 0.625. The van der Waals surface area contributed by atoms with Gasteiger partial charge in [-0.05, 0) is 38.0 Å². The zero-order chi connectivity index (χ0) is 21.6. The van der Waals surface area contributed by atoms with E-state index in [0.29, 0.717) is 29.9 Å². The molecule has 160 valence electrons. The minimum absolute atomic E-state index is 0.0258. The van der Waals surface area contributed by atoms with Gasteiger partial charge < -0.3 is 4.52 Å². The molecule has 9 nitrogen and oxygen atoms in total. The van der Waals surface area contributed by atoms with Crippen molar-refractivity contribution in [3.8, 4) is 0 Å². The lowest BCUT2D eigenvalue weighted by Gasteiger charge is -2.27. The molecule has 0 aliphatic carbocycles. The summed E-state index contributed by atoms with van der Waals surface area (Å²) in [7, 11) is -0.972. The van der Waals surface area contributed by atoms with Crippen molar-refractivity contribution in [2.45, 2.75) is 43.5 Å². The molecule has 0 amide bonds. The highest BCUT2D eigenvalue weighted by Gasteiger charge is 2.35. The Kier molecular flexibility index (Phi) is 5.15. The average molecular weight is 433 g/mol. The van der Waals surface area contributed by atoms with E-state index in [0.717, 1.165) is 23.8 Å². The lowest BCUT2D eigenvalue weighted by molar-refractivity contribution is 0.304. The standard InChI is InChI=1S/C20H24N4O5S/c1-13-11-16(21-29-13)18-7-5-4-6-10-24(18)30(27,28)14-8-9-17-15(12-14)19(25)23(3)20(26)22(17)2/h8-9,11-12,18H,4-7,10H2,1-3H3/t18-/m1/s1. The lowest BCUT2D eigenvalue weighted by atomic mass is 10.1. The number of hydrogen-bond donors (Lipinski definition) is 0. The third-order valence-corrected chi connectivity index (χ3v) is 7.64. The molecule has 3 aromatic rings. The Balaban J connectivity index is 1.86. The Morgan fingerprint density at radius 2 is 1.83 bits per heavy atom. The fraction of sp³-hybridized carbons (Fsp3) is 0.450. The number of hydrogen-bond acceptors (Lipinski definition) is 6. The van der Waals surface area contributed by atoms with Gasteiger partial charge in [-0.3, -0.25) is 13.9 Å². The molecule has 0 unspecified atom stereocenters. The van der Waals surface area contributed by atoms with Crippen LogP contribution in [0.4, 0.5) is 0 Å². The van der Waals surface area contributed by atoms with Crippen molar-refractivity contribution in [3.05, 3.63) is 56.6 Å². The highest BCUT2D eigenvalue weighted by Crippen LogP contribution is 2.34. The largest absolute Gasteiger partial charge is 0.361 e. The first-order valence-electron chi connectivity index (χ1n) is 9.86. The molecule has 1 aliphatic heterocycles. The van der Waals surface area contributed by atoms with E-state index < -0.39 is 27.3 Å². The Hall–Kier alpha value is -2.72. The molecule has 0 saturated carbocycles. The van der Waals surface area contributed by atoms with Gasteiger partial charge in [-0.15, -0.1) is 0 Å². The third kappa shape index (κ3) is 3.29. The molecule has 1 aliphatic rings. The zero-order valence-corrected chi connectivity index (χ0v) is 18.0. The summed E-state index contributed by atoms with van der Waals surface area (Å²) in [6.45, 7) is 2.14. The van der Waals surface area contributed by atoms with Crippen LogP contribution in [-0.4, -0.2) is 33.6 Å². The number of aromatic nitrogens is 3. The summed E-state index contributed by atoms with van der Waals surface area (Å²) in [6.07, 6.45) is 3.22. The van der Waals surface area contributed by atoms with Crippen molar-refractivity contribution in [3.63, 3.8) is 0 Å². The summed E-state index contributed by atoms with van der Waals surface area (Å²) in [5, 5.41) is 4.25. The van der Waals surface area contributed by atoms with Gasteiger partial charge in [0.25, 0.3) is 5.56 Å². The Bertz CT molecular complexity index is 1340. The molecule has 1 aromatic carbocycles. The number of rotatable bonds is 3. The van der Waals surface area contributed by atoms with Crippen LogP contribution in [0.1, 0.15) is 43.2 Å². The van der Waals surface area contributed by atoms with Gasteiger partial charge in [-0.1, -0.05) is 18.0 Å². The van der Waals surface area contributed by atoms with E-state index in [1.165, 1.54) is 34.1 Å². The second-order valence-electron chi connectivity index (χ2n) is 7.73. The minimum Gasteiger partial charge on any atom is -0.361 e. The highest BCUT2D eigenvalue weighted by molar-refractivity contribution is 7.89. The summed E-state index contributed by atoms with van der Waals surface area (Å²) in [6, 6.07) is 5.67. The van der Waals surface area contributed by atoms with Crippen molar-refractivity contribution in [1.29, 1.82) is 0 Å². The Labute approximate surface area is 173 Å². The van der Waals surface area contributed by atoms with Crippen LogP contribution < -0.4 is 11.2 Å². The molecular weight excluding hydrogens is 408 g/mol. The van der Waals surface area contributed by atoms with Gasteiger partial charge in [0.05, 0.1) is 21.8 Å². The van der Waals surface area contributed by atoms with E-state index in [2.05, 4.69) is 5.16 Å². The van der Waals surface area contributed by atoms with E-state index in [9.17, 15) is 18.0 Å². The average Bonchev–Trinajstić information content (AvgIpc) is 3.00. The van der Waals surface area contributed by atoms with Crippen molar-refractivity contribution in [1.82, 2.24) is 18.6 Å². The van der Waals surface area contributed by atoms with Gasteiger partial charge in [0, 0.05) is 26.7 Å². The second-order valence-corrected chi connectivity index (χ2v) is 9.62. The maximum atomic E-state index is 13.6. The first-order valence-corrected chi connectivity index (χ1v) is 11.3.